The number of cyclic esters (lactones) is 1. The van der Waals surface area contributed by atoms with Gasteiger partial charge in [-0.25, -0.2) is 10.7 Å². The molecule has 0 spiro atoms. The van der Waals surface area contributed by atoms with Gasteiger partial charge in [0.05, 0.1) is 45.1 Å². The Balaban J connectivity index is 1.36. The number of aromatic amines is 2. The number of epoxide rings is 1. The number of fused-ring (bicyclic) bond motifs is 2. The Morgan fingerprint density at radius 2 is 1.09 bits per heavy atom. The first-order valence-electron chi connectivity index (χ1n) is 32.9. The van der Waals surface area contributed by atoms with Crippen molar-refractivity contribution in [2.75, 3.05) is 19.8 Å². The molecule has 5 aromatic rings. The maximum atomic E-state index is 15.3. The number of carboxylic acid groups (broad SMARTS) is 4. The highest BCUT2D eigenvalue weighted by atomic mass is 16.6. The zero-order valence-electron chi connectivity index (χ0n) is 56.6. The van der Waals surface area contributed by atoms with Gasteiger partial charge in [0.15, 0.2) is 6.10 Å². The third kappa shape index (κ3) is 22.9. The van der Waals surface area contributed by atoms with Crippen LogP contribution in [0.5, 0.6) is 5.75 Å². The first-order chi connectivity index (χ1) is 50.4. The van der Waals surface area contributed by atoms with E-state index >= 15 is 14.4 Å². The van der Waals surface area contributed by atoms with E-state index in [1.807, 2.05) is 17.6 Å². The first-order valence-corrected chi connectivity index (χ1v) is 32.9. The van der Waals surface area contributed by atoms with Crippen LogP contribution in [0, 0.1) is 0 Å². The normalized spacial score (nSPS) is 24.2. The summed E-state index contributed by atoms with van der Waals surface area (Å²) in [4.78, 5) is 233. The third-order valence-electron chi connectivity index (χ3n) is 16.8. The molecule has 0 aliphatic carbocycles. The molecular formula is C66H80N14O26. The summed E-state index contributed by atoms with van der Waals surface area (Å²) in [5, 5.41) is 96.9. The molecule has 40 heteroatoms. The summed E-state index contributed by atoms with van der Waals surface area (Å²) in [6.07, 6.45) is -8.80. The van der Waals surface area contributed by atoms with Crippen molar-refractivity contribution >= 4 is 117 Å². The van der Waals surface area contributed by atoms with Crippen LogP contribution in [-0.2, 0) is 104 Å². The van der Waals surface area contributed by atoms with Crippen molar-refractivity contribution < 1.29 is 127 Å². The van der Waals surface area contributed by atoms with Gasteiger partial charge in [0.2, 0.25) is 59.1 Å². The van der Waals surface area contributed by atoms with Crippen LogP contribution in [0.4, 0.5) is 0 Å². The zero-order chi connectivity index (χ0) is 77.6. The SMILES string of the molecule is CCCC1OC1C(=O)NC(CO)C(=O)NC1C(=O)NC(Cc2c[nH]c3ccccc23)C(=O)NC(CC(=O)O)C(=O)NC(CC(=O)O)C(=O)NC(c2ccc(O)cc2)C(=O)NC(CC(=O)O)C(=O)NCC(=O)NC(C(O)CON)C(=O)NC(CCC(=O)O)C(=O)NC(Cc2c[nH]c3ccccc23)C(=O)OC1C. The lowest BCUT2D eigenvalue weighted by atomic mass is 10.0. The number of aromatic nitrogens is 2. The van der Waals surface area contributed by atoms with Crippen molar-refractivity contribution in [3.8, 4) is 5.75 Å². The topological polar surface area (TPSA) is 636 Å². The molecule has 2 fully saturated rings. The molecule has 0 saturated carbocycles. The average molecular weight is 1490 g/mol. The van der Waals surface area contributed by atoms with E-state index in [0.29, 0.717) is 34.6 Å². The highest BCUT2D eigenvalue weighted by Gasteiger charge is 2.46. The molecule has 0 bridgehead atoms. The van der Waals surface area contributed by atoms with E-state index in [-0.39, 0.29) is 16.7 Å². The number of hydrogen-bond donors (Lipinski definition) is 21. The number of nitrogens with two attached hydrogens (primary N) is 1. The van der Waals surface area contributed by atoms with Crippen LogP contribution in [0.15, 0.2) is 85.2 Å². The van der Waals surface area contributed by atoms with Crippen LogP contribution in [0.1, 0.15) is 81.5 Å². The summed E-state index contributed by atoms with van der Waals surface area (Å²) in [7, 11) is 0. The van der Waals surface area contributed by atoms with Crippen molar-refractivity contribution in [3.05, 3.63) is 102 Å². The van der Waals surface area contributed by atoms with E-state index in [4.69, 9.17) is 15.4 Å². The molecule has 11 amide bonds. The fourth-order valence-corrected chi connectivity index (χ4v) is 11.3. The van der Waals surface area contributed by atoms with Crippen molar-refractivity contribution in [1.29, 1.82) is 0 Å². The Morgan fingerprint density at radius 1 is 0.594 bits per heavy atom. The summed E-state index contributed by atoms with van der Waals surface area (Å²) in [6, 6.07) is -4.45. The van der Waals surface area contributed by atoms with Crippen LogP contribution in [-0.4, -0.2) is 239 Å². The number of amides is 11. The minimum absolute atomic E-state index is 0.241. The van der Waals surface area contributed by atoms with Crippen molar-refractivity contribution in [3.63, 3.8) is 0 Å². The average Bonchev–Trinajstić information content (AvgIpc) is 1.51. The number of aliphatic hydroxyl groups excluding tert-OH is 2. The predicted octanol–water partition coefficient (Wildman–Crippen LogP) is -5.48. The second-order valence-electron chi connectivity index (χ2n) is 24.7. The van der Waals surface area contributed by atoms with Crippen molar-refractivity contribution in [1.82, 2.24) is 68.5 Å². The number of H-pyrrole nitrogens is 2. The van der Waals surface area contributed by atoms with E-state index < -0.39 is 250 Å². The van der Waals surface area contributed by atoms with Crippen molar-refractivity contribution in [2.45, 2.75) is 156 Å². The van der Waals surface area contributed by atoms with E-state index in [1.54, 1.807) is 48.5 Å². The fraction of sp³-hybridized carbons (Fsp3) is 0.424. The standard InChI is InChI=1S/C66H80N14O26/c1-3-8-46-55(106-46)65(102)77-44(27-81)61(98)79-52-29(2)105-66(103)43(20-32-25-69-37-12-7-5-10-35(32)37)76-57(94)38(17-18-48(85)86)71-64(101)54(45(83)28-104-67)78-47(84)26-70-56(93)40(21-49(87)88)75-63(100)53(30-13-15-33(82)16-14-30)80-60(97)42(23-51(91)92)73-59(96)41(22-50(89)90)72-58(95)39(74-62(52)99)19-31-24-68-36-11-6-4-9-34(31)36/h4-7,9-16,24-25,29,38-46,52-55,68-69,81-83H,3,8,17-23,26-28,67H2,1-2H3,(H,70,93)(H,71,101)(H,72,95)(H,73,96)(H,74,99)(H,75,100)(H,76,94)(H,77,102)(H,78,84)(H,79,98)(H,80,97)(H,85,86)(H,87,88)(H,89,90)(H,91,92). The van der Waals surface area contributed by atoms with Gasteiger partial charge in [-0.15, -0.1) is 0 Å². The molecule has 2 aliphatic heterocycles. The van der Waals surface area contributed by atoms with E-state index in [2.05, 4.69) is 62.7 Å². The highest BCUT2D eigenvalue weighted by Crippen LogP contribution is 2.27. The van der Waals surface area contributed by atoms with Gasteiger partial charge in [-0.1, -0.05) is 61.9 Å². The molecule has 570 valence electrons. The lowest BCUT2D eigenvalue weighted by molar-refractivity contribution is -0.156. The number of carboxylic acids is 4. The number of aliphatic hydroxyl groups is 2. The fourth-order valence-electron chi connectivity index (χ4n) is 11.3. The number of phenols is 1. The maximum absolute atomic E-state index is 15.3. The maximum Gasteiger partial charge on any atom is 0.329 e. The number of phenolic OH excluding ortho intramolecular Hbond substituents is 1. The minimum atomic E-state index is -2.34. The predicted molar refractivity (Wildman–Crippen MR) is 359 cm³/mol. The number of para-hydroxylation sites is 2. The number of carbonyl (C=O) groups excluding carboxylic acids is 12. The van der Waals surface area contributed by atoms with Gasteiger partial charge >= 0.3 is 29.8 Å². The van der Waals surface area contributed by atoms with Gasteiger partial charge in [-0.05, 0) is 60.7 Å². The number of ether oxygens (including phenoxy) is 2. The quantitative estimate of drug-likeness (QED) is 0.0156. The Kier molecular flexibility index (Phi) is 29.0. The second-order valence-corrected chi connectivity index (χ2v) is 24.7. The lowest BCUT2D eigenvalue weighted by Crippen LogP contribution is -2.63. The monoisotopic (exact) mass is 1480 g/mol. The number of nitrogens with one attached hydrogen (secondary N) is 13. The summed E-state index contributed by atoms with van der Waals surface area (Å²) in [6.45, 7) is -0.495. The molecule has 14 atom stereocenters. The number of rotatable bonds is 24. The molecule has 4 heterocycles. The van der Waals surface area contributed by atoms with Crippen LogP contribution in [0.3, 0.4) is 0 Å². The zero-order valence-corrected chi connectivity index (χ0v) is 56.6. The smallest absolute Gasteiger partial charge is 0.329 e. The number of carbonyl (C=O) groups is 16. The molecular weight excluding hydrogens is 1400 g/mol. The van der Waals surface area contributed by atoms with Gasteiger partial charge in [0.1, 0.15) is 78.4 Å². The first kappa shape index (κ1) is 81.2. The summed E-state index contributed by atoms with van der Waals surface area (Å²) < 4.78 is 11.3. The number of benzene rings is 3. The van der Waals surface area contributed by atoms with Crippen LogP contribution < -0.4 is 64.4 Å². The van der Waals surface area contributed by atoms with E-state index in [9.17, 15) is 98.1 Å². The number of esters is 1. The molecule has 0 radical (unpaired) electrons. The molecule has 2 saturated heterocycles. The van der Waals surface area contributed by atoms with Gasteiger partial charge in [-0.2, -0.15) is 0 Å². The molecule has 22 N–H and O–H groups in total. The van der Waals surface area contributed by atoms with E-state index in [0.717, 1.165) is 31.2 Å². The van der Waals surface area contributed by atoms with Gasteiger partial charge in [0, 0.05) is 53.5 Å². The highest BCUT2D eigenvalue weighted by molar-refractivity contribution is 6.02. The summed E-state index contributed by atoms with van der Waals surface area (Å²) in [5.41, 5.74) is 1.20. The Labute approximate surface area is 599 Å². The largest absolute Gasteiger partial charge is 0.508 e. The van der Waals surface area contributed by atoms with Crippen LogP contribution in [0.2, 0.25) is 0 Å². The third-order valence-corrected chi connectivity index (χ3v) is 16.8. The second kappa shape index (κ2) is 37.9. The molecule has 2 aromatic heterocycles. The van der Waals surface area contributed by atoms with Crippen molar-refractivity contribution in [2.24, 2.45) is 5.90 Å². The minimum Gasteiger partial charge on any atom is -0.508 e. The summed E-state index contributed by atoms with van der Waals surface area (Å²) in [5.74, 6) is -19.0. The van der Waals surface area contributed by atoms with Gasteiger partial charge in [-0.3, -0.25) is 71.9 Å². The molecule has 40 nitrogen and oxygen atoms in total. The number of hydrogen-bond acceptors (Lipinski definition) is 23. The molecule has 3 aromatic carbocycles. The summed E-state index contributed by atoms with van der Waals surface area (Å²) >= 11 is 0. The van der Waals surface area contributed by atoms with E-state index in [1.165, 1.54) is 12.4 Å². The van der Waals surface area contributed by atoms with Gasteiger partial charge < -0.3 is 119 Å². The molecule has 14 unspecified atom stereocenters. The van der Waals surface area contributed by atoms with Gasteiger partial charge in [0.25, 0.3) is 5.91 Å². The lowest BCUT2D eigenvalue weighted by Gasteiger charge is -2.30. The number of aliphatic carboxylic acids is 4. The van der Waals surface area contributed by atoms with Crippen LogP contribution >= 0.6 is 0 Å². The Morgan fingerprint density at radius 3 is 1.64 bits per heavy atom. The molecule has 7 rings (SSSR count). The molecule has 2 aliphatic rings. The Hall–Kier alpha value is -12.1. The number of aromatic hydroxyl groups is 1. The van der Waals surface area contributed by atoms with Crippen LogP contribution in [0.25, 0.3) is 21.8 Å². The molecule has 106 heavy (non-hydrogen) atoms. The Bertz CT molecular complexity index is 4110.